The first-order chi connectivity index (χ1) is 12.7. The molecular formula is C22H27NO3. The van der Waals surface area contributed by atoms with Gasteiger partial charge in [0.2, 0.25) is 5.60 Å². The maximum absolute atomic E-state index is 13.3. The Morgan fingerprint density at radius 2 is 1.65 bits per heavy atom. The average Bonchev–Trinajstić information content (AvgIpc) is 2.69. The van der Waals surface area contributed by atoms with Crippen molar-refractivity contribution in [3.05, 3.63) is 71.8 Å². The van der Waals surface area contributed by atoms with Gasteiger partial charge >= 0.3 is 5.97 Å². The van der Waals surface area contributed by atoms with Crippen LogP contribution in [0.5, 0.6) is 0 Å². The molecule has 2 aromatic carbocycles. The maximum atomic E-state index is 13.3. The molecule has 1 aliphatic rings. The SMILES string of the molecule is COC(C(=O)OC[C@@H]1CCCN(C)C1)(c1ccccc1)c1ccccc1. The summed E-state index contributed by atoms with van der Waals surface area (Å²) in [4.78, 5) is 15.6. The Labute approximate surface area is 155 Å². The van der Waals surface area contributed by atoms with Gasteiger partial charge < -0.3 is 14.4 Å². The van der Waals surface area contributed by atoms with Gasteiger partial charge in [0.05, 0.1) is 6.61 Å². The van der Waals surface area contributed by atoms with Gasteiger partial charge in [-0.05, 0) is 37.6 Å². The first kappa shape index (κ1) is 18.6. The van der Waals surface area contributed by atoms with Crippen molar-refractivity contribution in [2.75, 3.05) is 33.9 Å². The number of likely N-dealkylation sites (tertiary alicyclic amines) is 1. The molecule has 3 rings (SSSR count). The number of piperidine rings is 1. The summed E-state index contributed by atoms with van der Waals surface area (Å²) >= 11 is 0. The van der Waals surface area contributed by atoms with Crippen LogP contribution in [-0.2, 0) is 19.9 Å². The minimum Gasteiger partial charge on any atom is -0.463 e. The van der Waals surface area contributed by atoms with Crippen molar-refractivity contribution >= 4 is 5.97 Å². The van der Waals surface area contributed by atoms with E-state index in [-0.39, 0.29) is 5.97 Å². The molecule has 1 heterocycles. The quantitative estimate of drug-likeness (QED) is 0.746. The molecule has 4 nitrogen and oxygen atoms in total. The number of benzene rings is 2. The lowest BCUT2D eigenvalue weighted by Gasteiger charge is -2.33. The Kier molecular flexibility index (Phi) is 6.07. The van der Waals surface area contributed by atoms with Crippen molar-refractivity contribution in [2.45, 2.75) is 18.4 Å². The molecule has 1 aliphatic heterocycles. The van der Waals surface area contributed by atoms with Gasteiger partial charge in [0.1, 0.15) is 0 Å². The highest BCUT2D eigenvalue weighted by Gasteiger charge is 2.44. The van der Waals surface area contributed by atoms with E-state index in [0.717, 1.165) is 37.1 Å². The van der Waals surface area contributed by atoms with Crippen LogP contribution in [0, 0.1) is 5.92 Å². The summed E-state index contributed by atoms with van der Waals surface area (Å²) in [7, 11) is 3.68. The van der Waals surface area contributed by atoms with Crippen molar-refractivity contribution < 1.29 is 14.3 Å². The Balaban J connectivity index is 1.87. The zero-order valence-electron chi connectivity index (χ0n) is 15.6. The molecule has 0 unspecified atom stereocenters. The minimum atomic E-state index is -1.25. The van der Waals surface area contributed by atoms with Crippen molar-refractivity contribution in [3.8, 4) is 0 Å². The van der Waals surface area contributed by atoms with Gasteiger partial charge in [-0.2, -0.15) is 0 Å². The molecule has 1 saturated heterocycles. The number of hydrogen-bond donors (Lipinski definition) is 0. The first-order valence-corrected chi connectivity index (χ1v) is 9.19. The summed E-state index contributed by atoms with van der Waals surface area (Å²) in [5.41, 5.74) is 0.308. The van der Waals surface area contributed by atoms with Crippen LogP contribution in [0.1, 0.15) is 24.0 Å². The number of nitrogens with zero attached hydrogens (tertiary/aromatic N) is 1. The summed E-state index contributed by atoms with van der Waals surface area (Å²) in [6.45, 7) is 2.50. The topological polar surface area (TPSA) is 38.8 Å². The molecule has 26 heavy (non-hydrogen) atoms. The first-order valence-electron chi connectivity index (χ1n) is 9.19. The highest BCUT2D eigenvalue weighted by Crippen LogP contribution is 2.35. The molecular weight excluding hydrogens is 326 g/mol. The number of esters is 1. The molecule has 1 fully saturated rings. The molecule has 0 N–H and O–H groups in total. The third-order valence-corrected chi connectivity index (χ3v) is 5.13. The second-order valence-electron chi connectivity index (χ2n) is 6.99. The molecule has 0 aliphatic carbocycles. The normalized spacial score (nSPS) is 18.5. The molecule has 1 atom stereocenters. The van der Waals surface area contributed by atoms with Crippen LogP contribution in [0.3, 0.4) is 0 Å². The number of rotatable bonds is 6. The zero-order chi connectivity index (χ0) is 18.4. The van der Waals surface area contributed by atoms with E-state index in [4.69, 9.17) is 9.47 Å². The van der Waals surface area contributed by atoms with Gasteiger partial charge in [0.15, 0.2) is 0 Å². The second-order valence-corrected chi connectivity index (χ2v) is 6.99. The summed E-state index contributed by atoms with van der Waals surface area (Å²) < 4.78 is 11.7. The monoisotopic (exact) mass is 353 g/mol. The smallest absolute Gasteiger partial charge is 0.347 e. The molecule has 0 spiro atoms. The molecule has 2 aromatic rings. The van der Waals surface area contributed by atoms with E-state index < -0.39 is 5.60 Å². The van der Waals surface area contributed by atoms with E-state index in [1.54, 1.807) is 7.11 Å². The molecule has 4 heteroatoms. The largest absolute Gasteiger partial charge is 0.463 e. The van der Waals surface area contributed by atoms with Crippen molar-refractivity contribution in [1.82, 2.24) is 4.90 Å². The van der Waals surface area contributed by atoms with Gasteiger partial charge in [0.25, 0.3) is 0 Å². The lowest BCUT2D eigenvalue weighted by atomic mass is 9.86. The van der Waals surface area contributed by atoms with Gasteiger partial charge in [-0.25, -0.2) is 4.79 Å². The van der Waals surface area contributed by atoms with Gasteiger partial charge in [-0.3, -0.25) is 0 Å². The summed E-state index contributed by atoms with van der Waals surface area (Å²) in [5.74, 6) is 0.0180. The van der Waals surface area contributed by atoms with E-state index in [0.29, 0.717) is 12.5 Å². The molecule has 138 valence electrons. The summed E-state index contributed by atoms with van der Waals surface area (Å²) in [5, 5.41) is 0. The summed E-state index contributed by atoms with van der Waals surface area (Å²) in [6, 6.07) is 19.1. The van der Waals surface area contributed by atoms with Crippen molar-refractivity contribution in [2.24, 2.45) is 5.92 Å². The highest BCUT2D eigenvalue weighted by molar-refractivity contribution is 5.85. The van der Waals surface area contributed by atoms with Crippen LogP contribution < -0.4 is 0 Å². The fourth-order valence-corrected chi connectivity index (χ4v) is 3.77. The van der Waals surface area contributed by atoms with Crippen LogP contribution in [0.15, 0.2) is 60.7 Å². The average molecular weight is 353 g/mol. The maximum Gasteiger partial charge on any atom is 0.347 e. The molecule has 0 bridgehead atoms. The number of carbonyl (C=O) groups is 1. The van der Waals surface area contributed by atoms with Crippen LogP contribution >= 0.6 is 0 Å². The zero-order valence-corrected chi connectivity index (χ0v) is 15.6. The van der Waals surface area contributed by atoms with Gasteiger partial charge in [-0.1, -0.05) is 60.7 Å². The standard InChI is InChI=1S/C22H27NO3/c1-23-15-9-10-18(16-23)17-26-21(24)22(25-2,19-11-5-3-6-12-19)20-13-7-4-8-14-20/h3-8,11-14,18H,9-10,15-17H2,1-2H3/t18-/m1/s1. The van der Waals surface area contributed by atoms with Gasteiger partial charge in [-0.15, -0.1) is 0 Å². The second kappa shape index (κ2) is 8.47. The Bertz CT molecular complexity index is 662. The van der Waals surface area contributed by atoms with Crippen molar-refractivity contribution in [3.63, 3.8) is 0 Å². The van der Waals surface area contributed by atoms with Crippen LogP contribution in [-0.4, -0.2) is 44.7 Å². The van der Waals surface area contributed by atoms with E-state index in [1.165, 1.54) is 0 Å². The lowest BCUT2D eigenvalue weighted by molar-refractivity contribution is -0.167. The lowest BCUT2D eigenvalue weighted by Crippen LogP contribution is -2.42. The molecule has 0 aromatic heterocycles. The number of hydrogen-bond acceptors (Lipinski definition) is 4. The minimum absolute atomic E-state index is 0.356. The van der Waals surface area contributed by atoms with E-state index in [2.05, 4.69) is 11.9 Å². The van der Waals surface area contributed by atoms with Gasteiger partial charge in [0, 0.05) is 19.6 Å². The molecule has 0 radical (unpaired) electrons. The van der Waals surface area contributed by atoms with E-state index >= 15 is 0 Å². The van der Waals surface area contributed by atoms with E-state index in [1.807, 2.05) is 60.7 Å². The fraction of sp³-hybridized carbons (Fsp3) is 0.409. The van der Waals surface area contributed by atoms with Crippen molar-refractivity contribution in [1.29, 1.82) is 0 Å². The van der Waals surface area contributed by atoms with Crippen LogP contribution in [0.2, 0.25) is 0 Å². The Morgan fingerprint density at radius 1 is 1.08 bits per heavy atom. The van der Waals surface area contributed by atoms with E-state index in [9.17, 15) is 4.79 Å². The predicted octanol–water partition coefficient (Wildman–Crippen LogP) is 3.46. The Hall–Kier alpha value is -2.17. The van der Waals surface area contributed by atoms with Crippen LogP contribution in [0.25, 0.3) is 0 Å². The number of carbonyl (C=O) groups excluding carboxylic acids is 1. The molecule has 0 saturated carbocycles. The summed E-state index contributed by atoms with van der Waals surface area (Å²) in [6.07, 6.45) is 2.24. The van der Waals surface area contributed by atoms with Crippen LogP contribution in [0.4, 0.5) is 0 Å². The molecule has 0 amide bonds. The Morgan fingerprint density at radius 3 is 2.15 bits per heavy atom. The third kappa shape index (κ3) is 3.81. The predicted molar refractivity (Wildman–Crippen MR) is 102 cm³/mol. The number of ether oxygens (including phenoxy) is 2. The number of methoxy groups -OCH3 is 1. The third-order valence-electron chi connectivity index (χ3n) is 5.13. The fourth-order valence-electron chi connectivity index (χ4n) is 3.77. The highest BCUT2D eigenvalue weighted by atomic mass is 16.6.